The second-order valence-electron chi connectivity index (χ2n) is 7.91. The van der Waals surface area contributed by atoms with E-state index in [0.717, 1.165) is 0 Å². The second-order valence-corrected chi connectivity index (χ2v) is 8.32. The summed E-state index contributed by atoms with van der Waals surface area (Å²) in [6.45, 7) is 8.16. The zero-order valence-corrected chi connectivity index (χ0v) is 18.9. The lowest BCUT2D eigenvalue weighted by atomic mass is 9.99. The number of carbonyl (C=O) groups excluding carboxylic acids is 1. The zero-order chi connectivity index (χ0) is 22.9. The van der Waals surface area contributed by atoms with Crippen LogP contribution in [0.2, 0.25) is 5.02 Å². The van der Waals surface area contributed by atoms with Crippen LogP contribution in [0.4, 0.5) is 11.4 Å². The fourth-order valence-corrected chi connectivity index (χ4v) is 3.83. The van der Waals surface area contributed by atoms with Gasteiger partial charge in [0.1, 0.15) is 5.70 Å². The topological polar surface area (TPSA) is 79.0 Å². The molecule has 3 rings (SSSR count). The van der Waals surface area contributed by atoms with Crippen LogP contribution in [0.1, 0.15) is 38.8 Å². The molecule has 1 aliphatic heterocycles. The molecule has 2 aromatic rings. The summed E-state index contributed by atoms with van der Waals surface area (Å²) < 4.78 is 0. The van der Waals surface area contributed by atoms with Crippen LogP contribution >= 0.6 is 11.6 Å². The molecule has 0 atom stereocenters. The molecule has 1 aliphatic rings. The highest BCUT2D eigenvalue weighted by atomic mass is 35.5. The van der Waals surface area contributed by atoms with Gasteiger partial charge in [0.25, 0.3) is 11.6 Å². The molecule has 1 amide bonds. The number of likely N-dealkylation sites (N-methyl/N-ethyl adjacent to an activating group) is 1. The molecule has 0 spiro atoms. The number of benzodiazepines with no additional fused rings is 1. The molecule has 162 valence electrons. The number of nitrogens with zero attached hydrogens (tertiary/aromatic N) is 4. The van der Waals surface area contributed by atoms with Crippen molar-refractivity contribution >= 4 is 34.6 Å². The number of halogens is 1. The quantitative estimate of drug-likeness (QED) is 0.371. The summed E-state index contributed by atoms with van der Waals surface area (Å²) in [5, 5.41) is 11.9. The molecule has 0 unspecified atom stereocenters. The maximum Gasteiger partial charge on any atom is 0.278 e. The third-order valence-electron chi connectivity index (χ3n) is 5.16. The summed E-state index contributed by atoms with van der Waals surface area (Å²) in [7, 11) is 1.64. The van der Waals surface area contributed by atoms with E-state index in [1.165, 1.54) is 17.0 Å². The van der Waals surface area contributed by atoms with Gasteiger partial charge in [-0.25, -0.2) is 4.99 Å². The number of anilines is 1. The minimum atomic E-state index is -0.465. The highest BCUT2D eigenvalue weighted by molar-refractivity contribution is 6.36. The summed E-state index contributed by atoms with van der Waals surface area (Å²) in [6, 6.07) is 11.8. The van der Waals surface area contributed by atoms with E-state index in [0.29, 0.717) is 27.5 Å². The minimum Gasteiger partial charge on any atom is -0.371 e. The number of hydrogen-bond acceptors (Lipinski definition) is 5. The van der Waals surface area contributed by atoms with Gasteiger partial charge in [-0.2, -0.15) is 0 Å². The number of nitro groups is 1. The van der Waals surface area contributed by atoms with Crippen LogP contribution in [0.15, 0.2) is 59.4 Å². The zero-order valence-electron chi connectivity index (χ0n) is 18.2. The molecule has 0 aliphatic carbocycles. The number of hydrogen-bond donors (Lipinski definition) is 0. The molecule has 0 bridgehead atoms. The largest absolute Gasteiger partial charge is 0.371 e. The first-order valence-electron chi connectivity index (χ1n) is 10.0. The lowest BCUT2D eigenvalue weighted by Gasteiger charge is -2.30. The van der Waals surface area contributed by atoms with E-state index < -0.39 is 4.92 Å². The molecular formula is C23H25ClN4O3. The van der Waals surface area contributed by atoms with Crippen molar-refractivity contribution in [2.24, 2.45) is 4.99 Å². The van der Waals surface area contributed by atoms with E-state index in [1.807, 2.05) is 38.7 Å². The number of aliphatic imine (C=N–C) groups is 1. The minimum absolute atomic E-state index is 0.0854. The number of nitro benzene ring substituents is 1. The van der Waals surface area contributed by atoms with E-state index in [4.69, 9.17) is 16.6 Å². The van der Waals surface area contributed by atoms with Crippen molar-refractivity contribution in [1.82, 2.24) is 4.90 Å². The van der Waals surface area contributed by atoms with Crippen molar-refractivity contribution in [3.63, 3.8) is 0 Å². The lowest BCUT2D eigenvalue weighted by Crippen LogP contribution is -2.34. The van der Waals surface area contributed by atoms with E-state index in [9.17, 15) is 14.9 Å². The van der Waals surface area contributed by atoms with Crippen molar-refractivity contribution in [1.29, 1.82) is 0 Å². The third-order valence-corrected chi connectivity index (χ3v) is 5.49. The Bertz CT molecular complexity index is 1080. The van der Waals surface area contributed by atoms with Gasteiger partial charge in [0.05, 0.1) is 16.3 Å². The second kappa shape index (κ2) is 8.89. The number of carbonyl (C=O) groups is 1. The van der Waals surface area contributed by atoms with E-state index in [-0.39, 0.29) is 29.4 Å². The van der Waals surface area contributed by atoms with Crippen LogP contribution < -0.4 is 4.90 Å². The Hall–Kier alpha value is -3.19. The molecule has 1 heterocycles. The number of fused-ring (bicyclic) bond motifs is 1. The average molecular weight is 441 g/mol. The number of amides is 1. The molecule has 0 aromatic heterocycles. The molecule has 0 saturated carbocycles. The molecular weight excluding hydrogens is 416 g/mol. The molecule has 2 aromatic carbocycles. The standard InChI is InChI=1S/C23H25ClN4O3/c1-14(2)27(15(3)4)13-20-23(29)26(5)21-11-10-16(28(30)31)12-18(21)22(25-20)17-8-6-7-9-19(17)24/h6-15H,1-5H3. The van der Waals surface area contributed by atoms with Gasteiger partial charge in [0.15, 0.2) is 0 Å². The highest BCUT2D eigenvalue weighted by Gasteiger charge is 2.29. The molecule has 7 nitrogen and oxygen atoms in total. The number of benzene rings is 2. The smallest absolute Gasteiger partial charge is 0.278 e. The Morgan fingerprint density at radius 3 is 2.32 bits per heavy atom. The Morgan fingerprint density at radius 2 is 1.74 bits per heavy atom. The number of rotatable bonds is 5. The van der Waals surface area contributed by atoms with Gasteiger partial charge in [0.2, 0.25) is 0 Å². The maximum atomic E-state index is 13.3. The average Bonchev–Trinajstić information content (AvgIpc) is 2.81. The summed E-state index contributed by atoms with van der Waals surface area (Å²) in [5.41, 5.74) is 2.17. The Kier molecular flexibility index (Phi) is 6.45. The Morgan fingerprint density at radius 1 is 1.10 bits per heavy atom. The number of non-ortho nitro benzene ring substituents is 1. The first kappa shape index (κ1) is 22.5. The van der Waals surface area contributed by atoms with Crippen molar-refractivity contribution in [3.8, 4) is 0 Å². The molecule has 31 heavy (non-hydrogen) atoms. The molecule has 0 radical (unpaired) electrons. The summed E-state index contributed by atoms with van der Waals surface area (Å²) in [4.78, 5) is 32.5. The predicted octanol–water partition coefficient (Wildman–Crippen LogP) is 5.02. The van der Waals surface area contributed by atoms with Crippen molar-refractivity contribution in [2.45, 2.75) is 39.8 Å². The first-order chi connectivity index (χ1) is 14.6. The van der Waals surface area contributed by atoms with Gasteiger partial charge in [-0.3, -0.25) is 14.9 Å². The van der Waals surface area contributed by atoms with Gasteiger partial charge in [0, 0.05) is 53.6 Å². The molecule has 8 heteroatoms. The summed E-state index contributed by atoms with van der Waals surface area (Å²) in [5.74, 6) is -0.302. The van der Waals surface area contributed by atoms with Gasteiger partial charge < -0.3 is 9.80 Å². The van der Waals surface area contributed by atoms with E-state index in [2.05, 4.69) is 0 Å². The van der Waals surface area contributed by atoms with Crippen LogP contribution in [0.3, 0.4) is 0 Å². The lowest BCUT2D eigenvalue weighted by molar-refractivity contribution is -0.384. The van der Waals surface area contributed by atoms with Crippen LogP contribution in [0, 0.1) is 10.1 Å². The van der Waals surface area contributed by atoms with Gasteiger partial charge in [-0.05, 0) is 39.8 Å². The molecule has 0 saturated heterocycles. The van der Waals surface area contributed by atoms with Crippen molar-refractivity contribution in [3.05, 3.63) is 80.6 Å². The van der Waals surface area contributed by atoms with Crippen molar-refractivity contribution in [2.75, 3.05) is 11.9 Å². The third kappa shape index (κ3) is 4.46. The SMILES string of the molecule is CC(C)N(C=C1N=C(c2ccccc2Cl)c2cc([N+](=O)[O-])ccc2N(C)C1=O)C(C)C. The molecule has 0 fully saturated rings. The van der Waals surface area contributed by atoms with Crippen LogP contribution in [-0.4, -0.2) is 40.6 Å². The Balaban J connectivity index is 2.34. The summed E-state index contributed by atoms with van der Waals surface area (Å²) in [6.07, 6.45) is 1.76. The Labute approximate surface area is 186 Å². The highest BCUT2D eigenvalue weighted by Crippen LogP contribution is 2.33. The van der Waals surface area contributed by atoms with Gasteiger partial charge >= 0.3 is 0 Å². The monoisotopic (exact) mass is 440 g/mol. The maximum absolute atomic E-state index is 13.3. The first-order valence-corrected chi connectivity index (χ1v) is 10.4. The van der Waals surface area contributed by atoms with Gasteiger partial charge in [-0.15, -0.1) is 0 Å². The molecule has 0 N–H and O–H groups in total. The summed E-state index contributed by atoms with van der Waals surface area (Å²) >= 11 is 6.46. The predicted molar refractivity (Wildman–Crippen MR) is 124 cm³/mol. The van der Waals surface area contributed by atoms with E-state index >= 15 is 0 Å². The van der Waals surface area contributed by atoms with E-state index in [1.54, 1.807) is 37.5 Å². The fraction of sp³-hybridized carbons (Fsp3) is 0.304. The van der Waals surface area contributed by atoms with Crippen molar-refractivity contribution < 1.29 is 9.72 Å². The fourth-order valence-electron chi connectivity index (χ4n) is 3.61. The van der Waals surface area contributed by atoms with Crippen LogP contribution in [-0.2, 0) is 4.79 Å². The van der Waals surface area contributed by atoms with Gasteiger partial charge in [-0.1, -0.05) is 29.8 Å². The van der Waals surface area contributed by atoms with Crippen LogP contribution in [0.25, 0.3) is 0 Å². The van der Waals surface area contributed by atoms with Crippen LogP contribution in [0.5, 0.6) is 0 Å². The normalized spacial score (nSPS) is 15.2.